The number of benzene rings is 2. The second kappa shape index (κ2) is 7.43. The summed E-state index contributed by atoms with van der Waals surface area (Å²) in [5.41, 5.74) is 0.491. The third-order valence-electron chi connectivity index (χ3n) is 3.44. The van der Waals surface area contributed by atoms with Crippen molar-refractivity contribution in [2.45, 2.75) is 20.0 Å². The molecule has 8 heteroatoms. The fourth-order valence-electron chi connectivity index (χ4n) is 2.04. The SMILES string of the molecule is Cc1cccc(C(=O)O[C@H](C)C(=O)Nc2cccc([N+](=O)[O-])c2)c1O. The van der Waals surface area contributed by atoms with Crippen molar-refractivity contribution in [1.29, 1.82) is 0 Å². The molecule has 8 nitrogen and oxygen atoms in total. The molecule has 130 valence electrons. The van der Waals surface area contributed by atoms with Gasteiger partial charge in [0, 0.05) is 17.8 Å². The van der Waals surface area contributed by atoms with Gasteiger partial charge in [0.05, 0.1) is 4.92 Å². The number of amides is 1. The number of nitro groups is 1. The van der Waals surface area contributed by atoms with Crippen LogP contribution in [0.4, 0.5) is 11.4 Å². The molecule has 0 saturated heterocycles. The average Bonchev–Trinajstić information content (AvgIpc) is 2.57. The van der Waals surface area contributed by atoms with Gasteiger partial charge in [0.1, 0.15) is 11.3 Å². The molecule has 1 atom stereocenters. The molecule has 0 unspecified atom stereocenters. The highest BCUT2D eigenvalue weighted by Gasteiger charge is 2.22. The number of carbonyl (C=O) groups is 2. The number of rotatable bonds is 5. The zero-order chi connectivity index (χ0) is 18.6. The number of anilines is 1. The third kappa shape index (κ3) is 4.31. The van der Waals surface area contributed by atoms with Gasteiger partial charge < -0.3 is 15.2 Å². The molecule has 0 bridgehead atoms. The monoisotopic (exact) mass is 344 g/mol. The number of hydrogen-bond acceptors (Lipinski definition) is 6. The number of aromatic hydroxyl groups is 1. The number of ether oxygens (including phenoxy) is 1. The van der Waals surface area contributed by atoms with Crippen LogP contribution in [0.15, 0.2) is 42.5 Å². The van der Waals surface area contributed by atoms with Crippen LogP contribution < -0.4 is 5.32 Å². The van der Waals surface area contributed by atoms with Crippen LogP contribution in [-0.2, 0) is 9.53 Å². The Hall–Kier alpha value is -3.42. The summed E-state index contributed by atoms with van der Waals surface area (Å²) in [7, 11) is 0. The molecule has 0 aliphatic heterocycles. The summed E-state index contributed by atoms with van der Waals surface area (Å²) in [6, 6.07) is 9.99. The summed E-state index contributed by atoms with van der Waals surface area (Å²) in [5, 5.41) is 23.0. The summed E-state index contributed by atoms with van der Waals surface area (Å²) >= 11 is 0. The highest BCUT2D eigenvalue weighted by Crippen LogP contribution is 2.23. The number of phenols is 1. The lowest BCUT2D eigenvalue weighted by molar-refractivity contribution is -0.384. The van der Waals surface area contributed by atoms with Gasteiger partial charge in [-0.2, -0.15) is 0 Å². The lowest BCUT2D eigenvalue weighted by Crippen LogP contribution is -2.30. The summed E-state index contributed by atoms with van der Waals surface area (Å²) < 4.78 is 5.04. The first kappa shape index (κ1) is 17.9. The molecule has 25 heavy (non-hydrogen) atoms. The van der Waals surface area contributed by atoms with E-state index in [2.05, 4.69) is 5.32 Å². The molecule has 2 aromatic rings. The normalized spacial score (nSPS) is 11.4. The molecule has 0 saturated carbocycles. The van der Waals surface area contributed by atoms with Gasteiger partial charge in [0.15, 0.2) is 6.10 Å². The van der Waals surface area contributed by atoms with Crippen LogP contribution in [0.25, 0.3) is 0 Å². The third-order valence-corrected chi connectivity index (χ3v) is 3.44. The average molecular weight is 344 g/mol. The Morgan fingerprint density at radius 3 is 2.60 bits per heavy atom. The van der Waals surface area contributed by atoms with Crippen molar-refractivity contribution in [1.82, 2.24) is 0 Å². The van der Waals surface area contributed by atoms with Gasteiger partial charge >= 0.3 is 5.97 Å². The maximum atomic E-state index is 12.1. The fourth-order valence-corrected chi connectivity index (χ4v) is 2.04. The molecular weight excluding hydrogens is 328 g/mol. The maximum absolute atomic E-state index is 12.1. The molecule has 1 amide bonds. The highest BCUT2D eigenvalue weighted by atomic mass is 16.6. The van der Waals surface area contributed by atoms with Crippen molar-refractivity contribution in [2.24, 2.45) is 0 Å². The fraction of sp³-hybridized carbons (Fsp3) is 0.176. The molecule has 0 aliphatic rings. The van der Waals surface area contributed by atoms with Gasteiger partial charge in [-0.3, -0.25) is 14.9 Å². The van der Waals surface area contributed by atoms with Gasteiger partial charge in [-0.05, 0) is 31.5 Å². The second-order valence-corrected chi connectivity index (χ2v) is 5.32. The molecule has 2 N–H and O–H groups in total. The number of para-hydroxylation sites is 1. The minimum Gasteiger partial charge on any atom is -0.507 e. The van der Waals surface area contributed by atoms with Crippen molar-refractivity contribution >= 4 is 23.3 Å². The Kier molecular flexibility index (Phi) is 5.33. The molecule has 0 heterocycles. The Morgan fingerprint density at radius 1 is 1.24 bits per heavy atom. The molecule has 2 aromatic carbocycles. The number of esters is 1. The van der Waals surface area contributed by atoms with Gasteiger partial charge in [-0.15, -0.1) is 0 Å². The zero-order valence-electron chi connectivity index (χ0n) is 13.6. The van der Waals surface area contributed by atoms with Crippen LogP contribution in [0.5, 0.6) is 5.75 Å². The zero-order valence-corrected chi connectivity index (χ0v) is 13.6. The summed E-state index contributed by atoms with van der Waals surface area (Å²) in [5.74, 6) is -1.71. The standard InChI is InChI=1S/C17H16N2O6/c1-10-5-3-8-14(15(10)20)17(22)25-11(2)16(21)18-12-6-4-7-13(9-12)19(23)24/h3-9,11,20H,1-2H3,(H,18,21)/t11-/m1/s1. The Labute approximate surface area is 143 Å². The van der Waals surface area contributed by atoms with Gasteiger partial charge in [0.2, 0.25) is 0 Å². The predicted octanol–water partition coefficient (Wildman–Crippen LogP) is 2.79. The summed E-state index contributed by atoms with van der Waals surface area (Å²) in [6.07, 6.45) is -1.16. The molecular formula is C17H16N2O6. The summed E-state index contributed by atoms with van der Waals surface area (Å²) in [6.45, 7) is 2.99. The van der Waals surface area contributed by atoms with E-state index in [4.69, 9.17) is 4.74 Å². The largest absolute Gasteiger partial charge is 0.507 e. The van der Waals surface area contributed by atoms with Crippen LogP contribution >= 0.6 is 0 Å². The number of carbonyl (C=O) groups excluding carboxylic acids is 2. The topological polar surface area (TPSA) is 119 Å². The number of phenolic OH excluding ortho intramolecular Hbond substituents is 1. The van der Waals surface area contributed by atoms with Crippen LogP contribution in [0.1, 0.15) is 22.8 Å². The Bertz CT molecular complexity index is 834. The van der Waals surface area contributed by atoms with Crippen molar-refractivity contribution < 1.29 is 24.4 Å². The molecule has 0 aromatic heterocycles. The first-order valence-corrected chi connectivity index (χ1v) is 7.34. The van der Waals surface area contributed by atoms with E-state index >= 15 is 0 Å². The minimum atomic E-state index is -1.16. The quantitative estimate of drug-likeness (QED) is 0.489. The molecule has 0 aliphatic carbocycles. The Morgan fingerprint density at radius 2 is 1.92 bits per heavy atom. The van der Waals surface area contributed by atoms with Crippen molar-refractivity contribution in [3.05, 3.63) is 63.7 Å². The Balaban J connectivity index is 2.05. The van der Waals surface area contributed by atoms with E-state index in [-0.39, 0.29) is 22.7 Å². The van der Waals surface area contributed by atoms with Crippen LogP contribution in [-0.4, -0.2) is 28.0 Å². The molecule has 0 fully saturated rings. The van der Waals surface area contributed by atoms with Gasteiger partial charge in [0.25, 0.3) is 11.6 Å². The second-order valence-electron chi connectivity index (χ2n) is 5.32. The predicted molar refractivity (Wildman–Crippen MR) is 89.4 cm³/mol. The smallest absolute Gasteiger partial charge is 0.342 e. The minimum absolute atomic E-state index is 0.0463. The van der Waals surface area contributed by atoms with Crippen LogP contribution in [0.2, 0.25) is 0 Å². The van der Waals surface area contributed by atoms with Crippen LogP contribution in [0, 0.1) is 17.0 Å². The van der Waals surface area contributed by atoms with Gasteiger partial charge in [-0.1, -0.05) is 18.2 Å². The summed E-state index contributed by atoms with van der Waals surface area (Å²) in [4.78, 5) is 34.3. The molecule has 0 radical (unpaired) electrons. The number of hydrogen-bond donors (Lipinski definition) is 2. The van der Waals surface area contributed by atoms with E-state index in [1.165, 1.54) is 37.3 Å². The lowest BCUT2D eigenvalue weighted by atomic mass is 10.1. The van der Waals surface area contributed by atoms with E-state index in [1.807, 2.05) is 0 Å². The van der Waals surface area contributed by atoms with Gasteiger partial charge in [-0.25, -0.2) is 4.79 Å². The molecule has 2 rings (SSSR count). The lowest BCUT2D eigenvalue weighted by Gasteiger charge is -2.14. The number of nitro benzene ring substituents is 1. The van der Waals surface area contributed by atoms with E-state index in [0.29, 0.717) is 5.56 Å². The highest BCUT2D eigenvalue weighted by molar-refractivity contribution is 5.98. The van der Waals surface area contributed by atoms with E-state index in [1.54, 1.807) is 19.1 Å². The number of non-ortho nitro benzene ring substituents is 1. The first-order chi connectivity index (χ1) is 11.8. The number of nitrogens with zero attached hydrogens (tertiary/aromatic N) is 1. The van der Waals surface area contributed by atoms with Crippen molar-refractivity contribution in [3.8, 4) is 5.75 Å². The van der Waals surface area contributed by atoms with Crippen molar-refractivity contribution in [3.63, 3.8) is 0 Å². The van der Waals surface area contributed by atoms with Crippen molar-refractivity contribution in [2.75, 3.05) is 5.32 Å². The van der Waals surface area contributed by atoms with E-state index in [9.17, 15) is 24.8 Å². The number of nitrogens with one attached hydrogen (secondary N) is 1. The van der Waals surface area contributed by atoms with E-state index in [0.717, 1.165) is 0 Å². The maximum Gasteiger partial charge on any atom is 0.342 e. The molecule has 0 spiro atoms. The van der Waals surface area contributed by atoms with Crippen LogP contribution in [0.3, 0.4) is 0 Å². The first-order valence-electron chi connectivity index (χ1n) is 7.34. The number of aryl methyl sites for hydroxylation is 1. The van der Waals surface area contributed by atoms with E-state index < -0.39 is 22.9 Å².